The smallest absolute Gasteiger partial charge is 0.316 e. The molecule has 3 aromatic rings. The van der Waals surface area contributed by atoms with Crippen LogP contribution in [0.15, 0.2) is 42.9 Å². The number of fused-ring (bicyclic) bond motifs is 1. The van der Waals surface area contributed by atoms with Crippen molar-refractivity contribution in [2.24, 2.45) is 0 Å². The summed E-state index contributed by atoms with van der Waals surface area (Å²) in [4.78, 5) is 13.2. The molecule has 5 rings (SSSR count). The second-order valence-corrected chi connectivity index (χ2v) is 7.98. The van der Waals surface area contributed by atoms with E-state index >= 15 is 0 Å². The van der Waals surface area contributed by atoms with E-state index in [1.165, 1.54) is 7.11 Å². The molecular formula is C24H25FN6O. The summed E-state index contributed by atoms with van der Waals surface area (Å²) in [5.41, 5.74) is 5.03. The molecule has 0 spiro atoms. The molecule has 0 radical (unpaired) electrons. The van der Waals surface area contributed by atoms with Gasteiger partial charge in [0, 0.05) is 35.8 Å². The molecule has 32 heavy (non-hydrogen) atoms. The fraction of sp³-hybridized carbons (Fsp3) is 0.292. The number of benzene rings is 1. The van der Waals surface area contributed by atoms with Crippen molar-refractivity contribution in [3.8, 4) is 17.3 Å². The second-order valence-electron chi connectivity index (χ2n) is 7.98. The quantitative estimate of drug-likeness (QED) is 0.563. The molecule has 2 aromatic heterocycles. The highest BCUT2D eigenvalue weighted by Gasteiger charge is 2.20. The number of ether oxygens (including phenoxy) is 1. The molecule has 164 valence electrons. The number of piperidine rings is 1. The lowest BCUT2D eigenvalue weighted by atomic mass is 9.90. The van der Waals surface area contributed by atoms with Crippen molar-refractivity contribution < 1.29 is 9.13 Å². The van der Waals surface area contributed by atoms with E-state index in [2.05, 4.69) is 25.9 Å². The van der Waals surface area contributed by atoms with Crippen LogP contribution in [0.25, 0.3) is 17.3 Å². The van der Waals surface area contributed by atoms with Crippen molar-refractivity contribution in [2.45, 2.75) is 25.3 Å². The minimum Gasteiger partial charge on any atom is -0.467 e. The lowest BCUT2D eigenvalue weighted by molar-refractivity contribution is 0.380. The summed E-state index contributed by atoms with van der Waals surface area (Å²) < 4.78 is 20.0. The fourth-order valence-corrected chi connectivity index (χ4v) is 4.25. The zero-order valence-electron chi connectivity index (χ0n) is 17.9. The van der Waals surface area contributed by atoms with Crippen LogP contribution in [0.1, 0.15) is 35.4 Å². The van der Waals surface area contributed by atoms with Crippen molar-refractivity contribution in [3.05, 3.63) is 65.4 Å². The summed E-state index contributed by atoms with van der Waals surface area (Å²) >= 11 is 0. The maximum atomic E-state index is 15.0. The van der Waals surface area contributed by atoms with Crippen molar-refractivity contribution in [2.75, 3.05) is 25.5 Å². The molecule has 0 aliphatic carbocycles. The number of methoxy groups -OCH3 is 1. The van der Waals surface area contributed by atoms with Gasteiger partial charge >= 0.3 is 6.01 Å². The highest BCUT2D eigenvalue weighted by atomic mass is 19.1. The Morgan fingerprint density at radius 3 is 2.69 bits per heavy atom. The monoisotopic (exact) mass is 432 g/mol. The van der Waals surface area contributed by atoms with E-state index in [4.69, 9.17) is 9.72 Å². The Bertz CT molecular complexity index is 1140. The van der Waals surface area contributed by atoms with E-state index in [1.54, 1.807) is 18.5 Å². The Hall–Kier alpha value is -3.52. The number of hydrogen-bond donors (Lipinski definition) is 3. The topological polar surface area (TPSA) is 84.0 Å². The number of rotatable bonds is 5. The normalized spacial score (nSPS) is 15.7. The third-order valence-electron chi connectivity index (χ3n) is 5.97. The molecule has 3 N–H and O–H groups in total. The van der Waals surface area contributed by atoms with E-state index in [1.807, 2.05) is 30.5 Å². The molecule has 7 nitrogen and oxygen atoms in total. The number of aromatic nitrogens is 3. The lowest BCUT2D eigenvalue weighted by Crippen LogP contribution is -2.27. The third kappa shape index (κ3) is 4.13. The highest BCUT2D eigenvalue weighted by Crippen LogP contribution is 2.32. The molecule has 2 aliphatic rings. The van der Waals surface area contributed by atoms with Gasteiger partial charge in [0.25, 0.3) is 0 Å². The number of hydrogen-bond acceptors (Lipinski definition) is 7. The summed E-state index contributed by atoms with van der Waals surface area (Å²) in [6.07, 6.45) is 9.20. The fourth-order valence-electron chi connectivity index (χ4n) is 4.25. The van der Waals surface area contributed by atoms with E-state index in [0.717, 1.165) is 53.9 Å². The summed E-state index contributed by atoms with van der Waals surface area (Å²) in [5, 5.41) is 9.89. The van der Waals surface area contributed by atoms with Gasteiger partial charge in [-0.2, -0.15) is 0 Å². The number of halogens is 1. The van der Waals surface area contributed by atoms with Gasteiger partial charge in [0.15, 0.2) is 0 Å². The van der Waals surface area contributed by atoms with E-state index in [-0.39, 0.29) is 11.7 Å². The average molecular weight is 433 g/mol. The second kappa shape index (κ2) is 8.92. The van der Waals surface area contributed by atoms with Crippen molar-refractivity contribution in [3.63, 3.8) is 0 Å². The molecular weight excluding hydrogens is 407 g/mol. The number of pyridine rings is 1. The molecule has 0 unspecified atom stereocenters. The van der Waals surface area contributed by atoms with Gasteiger partial charge in [0.2, 0.25) is 0 Å². The van der Waals surface area contributed by atoms with Gasteiger partial charge in [-0.25, -0.2) is 19.3 Å². The predicted molar refractivity (Wildman–Crippen MR) is 122 cm³/mol. The van der Waals surface area contributed by atoms with E-state index in [0.29, 0.717) is 24.1 Å². The summed E-state index contributed by atoms with van der Waals surface area (Å²) in [5.74, 6) is 0.775. The molecule has 0 bridgehead atoms. The van der Waals surface area contributed by atoms with Crippen molar-refractivity contribution in [1.82, 2.24) is 25.6 Å². The Morgan fingerprint density at radius 1 is 1.12 bits per heavy atom. The number of anilines is 2. The molecule has 0 atom stereocenters. The zero-order chi connectivity index (χ0) is 21.9. The maximum Gasteiger partial charge on any atom is 0.316 e. The van der Waals surface area contributed by atoms with Gasteiger partial charge in [-0.15, -0.1) is 0 Å². The van der Waals surface area contributed by atoms with Gasteiger partial charge in [-0.3, -0.25) is 0 Å². The van der Waals surface area contributed by atoms with E-state index in [9.17, 15) is 4.39 Å². The van der Waals surface area contributed by atoms with Crippen LogP contribution in [0.3, 0.4) is 0 Å². The van der Waals surface area contributed by atoms with Crippen LogP contribution in [0, 0.1) is 5.82 Å². The predicted octanol–water partition coefficient (Wildman–Crippen LogP) is 3.97. The van der Waals surface area contributed by atoms with Crippen molar-refractivity contribution >= 4 is 17.6 Å². The van der Waals surface area contributed by atoms with Gasteiger partial charge in [0.1, 0.15) is 11.6 Å². The van der Waals surface area contributed by atoms with Gasteiger partial charge in [-0.05, 0) is 73.5 Å². The molecule has 2 aliphatic heterocycles. The molecule has 1 aromatic carbocycles. The minimum absolute atomic E-state index is 0.173. The van der Waals surface area contributed by atoms with Crippen molar-refractivity contribution in [1.29, 1.82) is 0 Å². The Morgan fingerprint density at radius 2 is 1.94 bits per heavy atom. The first-order chi connectivity index (χ1) is 15.7. The van der Waals surface area contributed by atoms with Crippen LogP contribution in [-0.2, 0) is 6.54 Å². The first kappa shape index (κ1) is 20.4. The third-order valence-corrected chi connectivity index (χ3v) is 5.97. The maximum absolute atomic E-state index is 15.0. The molecule has 1 saturated heterocycles. The minimum atomic E-state index is -0.173. The number of nitrogens with one attached hydrogen (secondary N) is 3. The highest BCUT2D eigenvalue weighted by molar-refractivity contribution is 5.73. The first-order valence-electron chi connectivity index (χ1n) is 10.8. The Balaban J connectivity index is 1.47. The standard InChI is InChI=1S/C24H25FN6O/c1-32-24-28-12-17(13-29-24)22-10-16-6-9-27-14-20(16)23(31-22)30-18-2-3-19(21(25)11-18)15-4-7-26-8-5-15/h2-3,6,9-13,15,26-27H,4-5,7-8,14H2,1H3,(H,30,31). The Labute approximate surface area is 186 Å². The van der Waals surface area contributed by atoms with E-state index < -0.39 is 0 Å². The summed E-state index contributed by atoms with van der Waals surface area (Å²) in [6.45, 7) is 2.50. The van der Waals surface area contributed by atoms with Gasteiger partial charge in [-0.1, -0.05) is 6.07 Å². The first-order valence-corrected chi connectivity index (χ1v) is 10.8. The van der Waals surface area contributed by atoms with Crippen LogP contribution >= 0.6 is 0 Å². The SMILES string of the molecule is COc1ncc(-c2cc3c(c(Nc4ccc(C5CCNCC5)c(F)c4)n2)CNC=C3)cn1. The lowest BCUT2D eigenvalue weighted by Gasteiger charge is -2.24. The Kier molecular flexibility index (Phi) is 5.68. The summed E-state index contributed by atoms with van der Waals surface area (Å²) in [6, 6.07) is 7.71. The molecule has 4 heterocycles. The summed E-state index contributed by atoms with van der Waals surface area (Å²) in [7, 11) is 1.53. The van der Waals surface area contributed by atoms with Crippen LogP contribution in [-0.4, -0.2) is 35.2 Å². The van der Waals surface area contributed by atoms with Crippen LogP contribution in [0.2, 0.25) is 0 Å². The average Bonchev–Trinajstić information content (AvgIpc) is 2.85. The number of nitrogens with zero attached hydrogens (tertiary/aromatic N) is 3. The van der Waals surface area contributed by atoms with Crippen LogP contribution < -0.4 is 20.7 Å². The zero-order valence-corrected chi connectivity index (χ0v) is 17.9. The van der Waals surface area contributed by atoms with Crippen LogP contribution in [0.5, 0.6) is 6.01 Å². The largest absolute Gasteiger partial charge is 0.467 e. The van der Waals surface area contributed by atoms with Gasteiger partial charge < -0.3 is 20.7 Å². The molecule has 8 heteroatoms. The molecule has 1 fully saturated rings. The van der Waals surface area contributed by atoms with Crippen LogP contribution in [0.4, 0.5) is 15.9 Å². The molecule has 0 amide bonds. The van der Waals surface area contributed by atoms with Gasteiger partial charge in [0.05, 0.1) is 12.8 Å². The molecule has 0 saturated carbocycles.